The van der Waals surface area contributed by atoms with Crippen molar-refractivity contribution in [3.63, 3.8) is 0 Å². The summed E-state index contributed by atoms with van der Waals surface area (Å²) in [6.07, 6.45) is 1.99. The van der Waals surface area contributed by atoms with Gasteiger partial charge in [-0.05, 0) is 23.2 Å². The lowest BCUT2D eigenvalue weighted by atomic mass is 10.3. The Hall–Kier alpha value is -1.58. The van der Waals surface area contributed by atoms with Gasteiger partial charge in [0.05, 0.1) is 10.3 Å². The molecular formula is C9H11BF4N4S. The van der Waals surface area contributed by atoms with E-state index < -0.39 is 7.25 Å². The Morgan fingerprint density at radius 3 is 2.16 bits per heavy atom. The highest BCUT2D eigenvalue weighted by Gasteiger charge is 2.20. The number of thioether (sulfide) groups is 1. The Morgan fingerprint density at radius 1 is 1.16 bits per heavy atom. The van der Waals surface area contributed by atoms with Crippen LogP contribution in [0.25, 0.3) is 5.69 Å². The van der Waals surface area contributed by atoms with Crippen LogP contribution < -0.4 is 4.68 Å². The molecule has 0 unspecified atom stereocenters. The molecule has 10 heteroatoms. The summed E-state index contributed by atoms with van der Waals surface area (Å²) in [4.78, 5) is 1.57. The number of hydrogen-bond acceptors (Lipinski definition) is 3. The van der Waals surface area contributed by atoms with Gasteiger partial charge in [-0.3, -0.25) is 0 Å². The Kier molecular flexibility index (Phi) is 5.34. The number of hydrogen-bond donors (Lipinski definition) is 0. The molecule has 0 amide bonds. The molecule has 0 aliphatic carbocycles. The van der Waals surface area contributed by atoms with Gasteiger partial charge in [0.1, 0.15) is 12.7 Å². The first-order chi connectivity index (χ1) is 8.81. The Morgan fingerprint density at radius 2 is 1.68 bits per heavy atom. The second-order valence-corrected chi connectivity index (χ2v) is 4.08. The number of nitrogens with zero attached hydrogens (tertiary/aromatic N) is 4. The second-order valence-electron chi connectivity index (χ2n) is 3.31. The van der Waals surface area contributed by atoms with Gasteiger partial charge in [-0.1, -0.05) is 34.6 Å². The first kappa shape index (κ1) is 15.5. The normalized spacial score (nSPS) is 10.8. The summed E-state index contributed by atoms with van der Waals surface area (Å²) in [6, 6.07) is 9.98. The van der Waals surface area contributed by atoms with Crippen molar-refractivity contribution in [1.82, 2.24) is 15.1 Å². The van der Waals surface area contributed by atoms with E-state index in [2.05, 4.69) is 10.3 Å². The maximum Gasteiger partial charge on any atom is 0.673 e. The monoisotopic (exact) mass is 294 g/mol. The molecule has 2 rings (SSSR count). The fourth-order valence-corrected chi connectivity index (χ4v) is 1.73. The summed E-state index contributed by atoms with van der Waals surface area (Å²) in [5, 5.41) is 9.38. The van der Waals surface area contributed by atoms with Crippen LogP contribution >= 0.6 is 11.8 Å². The van der Waals surface area contributed by atoms with E-state index in [1.54, 1.807) is 16.6 Å². The third-order valence-corrected chi connectivity index (χ3v) is 2.43. The van der Waals surface area contributed by atoms with E-state index in [9.17, 15) is 17.3 Å². The molecule has 0 saturated heterocycles. The average molecular weight is 294 g/mol. The lowest BCUT2D eigenvalue weighted by Gasteiger charge is -1.94. The zero-order chi connectivity index (χ0) is 14.5. The topological polar surface area (TPSA) is 34.6 Å². The summed E-state index contributed by atoms with van der Waals surface area (Å²) < 4.78 is 40.8. The zero-order valence-electron chi connectivity index (χ0n) is 10.2. The van der Waals surface area contributed by atoms with Crippen molar-refractivity contribution in [3.8, 4) is 5.69 Å². The van der Waals surface area contributed by atoms with Gasteiger partial charge in [0, 0.05) is 0 Å². The van der Waals surface area contributed by atoms with Crippen LogP contribution in [0.5, 0.6) is 0 Å². The molecule has 1 aromatic heterocycles. The summed E-state index contributed by atoms with van der Waals surface area (Å²) in [7, 11) is -4.18. The molecule has 0 aliphatic heterocycles. The van der Waals surface area contributed by atoms with Gasteiger partial charge in [0.25, 0.3) is 0 Å². The fourth-order valence-electron chi connectivity index (χ4n) is 1.21. The third-order valence-electron chi connectivity index (χ3n) is 1.81. The van der Waals surface area contributed by atoms with Gasteiger partial charge in [-0.25, -0.2) is 0 Å². The van der Waals surface area contributed by atoms with Gasteiger partial charge in [0.2, 0.25) is 0 Å². The molecular weight excluding hydrogens is 283 g/mol. The van der Waals surface area contributed by atoms with E-state index in [-0.39, 0.29) is 0 Å². The Labute approximate surface area is 111 Å². The molecule has 2 aromatic rings. The highest BCUT2D eigenvalue weighted by Crippen LogP contribution is 2.07. The minimum absolute atomic E-state index is 0.888. The largest absolute Gasteiger partial charge is 0.673 e. The maximum absolute atomic E-state index is 9.75. The fraction of sp³-hybridized carbons (Fsp3) is 0.222. The lowest BCUT2D eigenvalue weighted by molar-refractivity contribution is -0.698. The van der Waals surface area contributed by atoms with E-state index >= 15 is 0 Å². The second kappa shape index (κ2) is 6.55. The van der Waals surface area contributed by atoms with Crippen molar-refractivity contribution >= 4 is 19.0 Å². The number of rotatable bonds is 2. The molecule has 0 aliphatic rings. The Bertz CT molecular complexity index is 511. The van der Waals surface area contributed by atoms with Crippen LogP contribution in [0.15, 0.2) is 35.5 Å². The molecule has 1 aromatic carbocycles. The molecule has 19 heavy (non-hydrogen) atoms. The quantitative estimate of drug-likeness (QED) is 0.368. The van der Waals surface area contributed by atoms with Crippen LogP contribution in [0.3, 0.4) is 0 Å². The summed E-state index contributed by atoms with van der Waals surface area (Å²) >= 11 is 1.58. The van der Waals surface area contributed by atoms with Crippen LogP contribution in [-0.2, 0) is 7.05 Å². The first-order valence-electron chi connectivity index (χ1n) is 5.11. The predicted octanol–water partition coefficient (Wildman–Crippen LogP) is 2.11. The average Bonchev–Trinajstić information content (AvgIpc) is 2.69. The van der Waals surface area contributed by atoms with Crippen LogP contribution in [0.2, 0.25) is 0 Å². The lowest BCUT2D eigenvalue weighted by Crippen LogP contribution is -2.35. The highest BCUT2D eigenvalue weighted by atomic mass is 32.2. The number of tetrazole rings is 1. The van der Waals surface area contributed by atoms with Crippen LogP contribution in [0.1, 0.15) is 0 Å². The van der Waals surface area contributed by atoms with E-state index in [0.29, 0.717) is 0 Å². The van der Waals surface area contributed by atoms with Crippen molar-refractivity contribution < 1.29 is 21.9 Å². The maximum atomic E-state index is 9.75. The minimum atomic E-state index is -6.00. The summed E-state index contributed by atoms with van der Waals surface area (Å²) in [5.41, 5.74) is 1.03. The smallest absolute Gasteiger partial charge is 0.418 e. The van der Waals surface area contributed by atoms with Crippen molar-refractivity contribution in [3.05, 3.63) is 30.3 Å². The molecule has 0 atom stereocenters. The number of para-hydroxylation sites is 1. The molecule has 0 radical (unpaired) electrons. The molecule has 0 bridgehead atoms. The predicted molar refractivity (Wildman–Crippen MR) is 64.5 cm³/mol. The van der Waals surface area contributed by atoms with Crippen molar-refractivity contribution in [2.75, 3.05) is 6.26 Å². The number of benzene rings is 1. The van der Waals surface area contributed by atoms with Gasteiger partial charge >= 0.3 is 12.4 Å². The molecule has 104 valence electrons. The zero-order valence-corrected chi connectivity index (χ0v) is 11.0. The van der Waals surface area contributed by atoms with Crippen LogP contribution in [0.4, 0.5) is 17.3 Å². The molecule has 0 fully saturated rings. The third kappa shape index (κ3) is 5.73. The van der Waals surface area contributed by atoms with Crippen LogP contribution in [-0.4, -0.2) is 28.6 Å². The molecule has 0 saturated carbocycles. The van der Waals surface area contributed by atoms with E-state index in [0.717, 1.165) is 10.8 Å². The number of aromatic nitrogens is 4. The summed E-state index contributed by atoms with van der Waals surface area (Å²) in [5.74, 6) is 0. The minimum Gasteiger partial charge on any atom is -0.418 e. The van der Waals surface area contributed by atoms with Crippen molar-refractivity contribution in [2.45, 2.75) is 5.16 Å². The Balaban J connectivity index is 0.000000312. The summed E-state index contributed by atoms with van der Waals surface area (Å²) in [6.45, 7) is 0. The SMILES string of the molecule is CSc1nn(C)n[n+]1-c1ccccc1.F[B-](F)(F)F. The van der Waals surface area contributed by atoms with Crippen molar-refractivity contribution in [2.24, 2.45) is 7.05 Å². The van der Waals surface area contributed by atoms with Crippen LogP contribution in [0, 0.1) is 0 Å². The molecule has 4 nitrogen and oxygen atoms in total. The van der Waals surface area contributed by atoms with Gasteiger partial charge in [-0.2, -0.15) is 0 Å². The highest BCUT2D eigenvalue weighted by molar-refractivity contribution is 7.98. The molecule has 0 N–H and O–H groups in total. The van der Waals surface area contributed by atoms with Gasteiger partial charge in [0.15, 0.2) is 0 Å². The number of aryl methyl sites for hydroxylation is 1. The first-order valence-corrected chi connectivity index (χ1v) is 6.34. The number of halogens is 4. The van der Waals surface area contributed by atoms with E-state index in [1.165, 1.54) is 0 Å². The van der Waals surface area contributed by atoms with Crippen molar-refractivity contribution in [1.29, 1.82) is 0 Å². The van der Waals surface area contributed by atoms with E-state index in [1.807, 2.05) is 48.3 Å². The standard InChI is InChI=1S/C9H11N4S.BF4/c1-12-10-9(14-2)13(11-12)8-6-4-3-5-7-8;2-1(3,4)5/h3-7H,1-2H3;/q+1;-1. The molecule has 0 spiro atoms. The van der Waals surface area contributed by atoms with Gasteiger partial charge in [-0.15, -0.1) is 0 Å². The van der Waals surface area contributed by atoms with E-state index in [4.69, 9.17) is 0 Å². The molecule has 1 heterocycles. The van der Waals surface area contributed by atoms with Gasteiger partial charge < -0.3 is 17.3 Å².